The first-order valence-corrected chi connectivity index (χ1v) is 8.52. The molecule has 0 aromatic carbocycles. The minimum Gasteiger partial charge on any atom is -0.317 e. The van der Waals surface area contributed by atoms with Gasteiger partial charge in [0.05, 0.1) is 5.75 Å². The third kappa shape index (κ3) is 4.31. The number of piperidine rings is 1. The first kappa shape index (κ1) is 17.2. The second kappa shape index (κ2) is 5.88. The van der Waals surface area contributed by atoms with Crippen molar-refractivity contribution in [3.63, 3.8) is 0 Å². The van der Waals surface area contributed by atoms with E-state index in [-0.39, 0.29) is 29.0 Å². The zero-order valence-electron chi connectivity index (χ0n) is 12.2. The Morgan fingerprint density at radius 3 is 2.26 bits per heavy atom. The maximum absolute atomic E-state index is 12.4. The highest BCUT2D eigenvalue weighted by molar-refractivity contribution is 7.89. The Bertz CT molecular complexity index is 397. The van der Waals surface area contributed by atoms with Crippen molar-refractivity contribution < 1.29 is 8.42 Å². The van der Waals surface area contributed by atoms with Crippen molar-refractivity contribution in [2.24, 2.45) is 10.8 Å². The van der Waals surface area contributed by atoms with Crippen LogP contribution in [-0.4, -0.2) is 44.7 Å². The van der Waals surface area contributed by atoms with E-state index in [1.54, 1.807) is 4.31 Å². The van der Waals surface area contributed by atoms with Crippen LogP contribution in [0.3, 0.4) is 0 Å². The maximum atomic E-state index is 12.4. The molecule has 0 radical (unpaired) electrons. The van der Waals surface area contributed by atoms with Gasteiger partial charge >= 0.3 is 0 Å². The summed E-state index contributed by atoms with van der Waals surface area (Å²) in [6, 6.07) is 0. The van der Waals surface area contributed by atoms with E-state index < -0.39 is 10.0 Å². The second-order valence-corrected chi connectivity index (χ2v) is 9.12. The Morgan fingerprint density at radius 2 is 1.74 bits per heavy atom. The molecule has 4 nitrogen and oxygen atoms in total. The van der Waals surface area contributed by atoms with Gasteiger partial charge in [-0.05, 0) is 43.2 Å². The van der Waals surface area contributed by atoms with E-state index in [9.17, 15) is 8.42 Å². The van der Waals surface area contributed by atoms with Gasteiger partial charge in [-0.15, -0.1) is 12.4 Å². The molecule has 1 spiro atoms. The van der Waals surface area contributed by atoms with Crippen molar-refractivity contribution in [3.05, 3.63) is 0 Å². The van der Waals surface area contributed by atoms with E-state index in [1.165, 1.54) is 0 Å². The van der Waals surface area contributed by atoms with Crippen molar-refractivity contribution in [1.82, 2.24) is 9.62 Å². The SMILES string of the molecule is CC(C)(C)CS(=O)(=O)N1CCC2(CCNCC2)C1.Cl. The van der Waals surface area contributed by atoms with Crippen molar-refractivity contribution in [1.29, 1.82) is 0 Å². The second-order valence-electron chi connectivity index (χ2n) is 7.15. The molecule has 0 aromatic heterocycles. The lowest BCUT2D eigenvalue weighted by Gasteiger charge is -2.34. The average Bonchev–Trinajstić information content (AvgIpc) is 2.60. The average molecular weight is 311 g/mol. The van der Waals surface area contributed by atoms with Gasteiger partial charge in [0, 0.05) is 13.1 Å². The number of halogens is 1. The first-order valence-electron chi connectivity index (χ1n) is 6.91. The highest BCUT2D eigenvalue weighted by Crippen LogP contribution is 2.40. The number of nitrogens with one attached hydrogen (secondary N) is 1. The monoisotopic (exact) mass is 310 g/mol. The van der Waals surface area contributed by atoms with Crippen LogP contribution in [0.1, 0.15) is 40.0 Å². The predicted octanol–water partition coefficient (Wildman–Crippen LogP) is 1.86. The fourth-order valence-corrected chi connectivity index (χ4v) is 5.25. The molecule has 2 aliphatic rings. The van der Waals surface area contributed by atoms with Gasteiger partial charge in [0.15, 0.2) is 0 Å². The van der Waals surface area contributed by atoms with Crippen LogP contribution < -0.4 is 5.32 Å². The summed E-state index contributed by atoms with van der Waals surface area (Å²) in [5.74, 6) is 0.258. The predicted molar refractivity (Wildman–Crippen MR) is 81.2 cm³/mol. The van der Waals surface area contributed by atoms with Gasteiger partial charge in [-0.25, -0.2) is 12.7 Å². The summed E-state index contributed by atoms with van der Waals surface area (Å²) in [7, 11) is -3.08. The van der Waals surface area contributed by atoms with Gasteiger partial charge in [-0.3, -0.25) is 0 Å². The standard InChI is InChI=1S/C13H26N2O2S.ClH/c1-12(2,3)11-18(16,17)15-9-6-13(10-15)4-7-14-8-5-13;/h14H,4-11H2,1-3H3;1H. The molecule has 6 heteroatoms. The van der Waals surface area contributed by atoms with Gasteiger partial charge in [0.2, 0.25) is 10.0 Å². The lowest BCUT2D eigenvalue weighted by atomic mass is 9.78. The highest BCUT2D eigenvalue weighted by atomic mass is 35.5. The molecular weight excluding hydrogens is 284 g/mol. The van der Waals surface area contributed by atoms with Gasteiger partial charge in [-0.1, -0.05) is 20.8 Å². The minimum absolute atomic E-state index is 0. The van der Waals surface area contributed by atoms with Crippen LogP contribution >= 0.6 is 12.4 Å². The van der Waals surface area contributed by atoms with E-state index >= 15 is 0 Å². The molecular formula is C13H27ClN2O2S. The first-order chi connectivity index (χ1) is 8.23. The van der Waals surface area contributed by atoms with Gasteiger partial charge in [0.1, 0.15) is 0 Å². The van der Waals surface area contributed by atoms with Crippen molar-refractivity contribution in [2.75, 3.05) is 31.9 Å². The molecule has 114 valence electrons. The fraction of sp³-hybridized carbons (Fsp3) is 1.00. The summed E-state index contributed by atoms with van der Waals surface area (Å²) in [4.78, 5) is 0. The normalized spacial score (nSPS) is 24.4. The van der Waals surface area contributed by atoms with Crippen LogP contribution in [0.5, 0.6) is 0 Å². The number of hydrogen-bond donors (Lipinski definition) is 1. The molecule has 2 rings (SSSR count). The molecule has 0 aromatic rings. The summed E-state index contributed by atoms with van der Waals surface area (Å²) in [6.45, 7) is 9.49. The lowest BCUT2D eigenvalue weighted by Crippen LogP contribution is -2.41. The molecule has 2 saturated heterocycles. The molecule has 0 atom stereocenters. The van der Waals surface area contributed by atoms with Gasteiger partial charge < -0.3 is 5.32 Å². The van der Waals surface area contributed by atoms with Crippen LogP contribution in [0.25, 0.3) is 0 Å². The van der Waals surface area contributed by atoms with Gasteiger partial charge in [0.25, 0.3) is 0 Å². The largest absolute Gasteiger partial charge is 0.317 e. The maximum Gasteiger partial charge on any atom is 0.214 e. The van der Waals surface area contributed by atoms with Crippen LogP contribution in [0, 0.1) is 10.8 Å². The van der Waals surface area contributed by atoms with E-state index in [0.29, 0.717) is 0 Å². The number of hydrogen-bond acceptors (Lipinski definition) is 3. The Labute approximate surface area is 123 Å². The third-order valence-electron chi connectivity index (χ3n) is 4.08. The van der Waals surface area contributed by atoms with Crippen molar-refractivity contribution in [3.8, 4) is 0 Å². The Hall–Kier alpha value is 0.160. The fourth-order valence-electron chi connectivity index (χ4n) is 3.14. The van der Waals surface area contributed by atoms with Crippen LogP contribution in [0.4, 0.5) is 0 Å². The van der Waals surface area contributed by atoms with Crippen LogP contribution in [0.15, 0.2) is 0 Å². The Kier molecular flexibility index (Phi) is 5.33. The van der Waals surface area contributed by atoms with Crippen molar-refractivity contribution in [2.45, 2.75) is 40.0 Å². The Balaban J connectivity index is 0.00000180. The summed E-state index contributed by atoms with van der Waals surface area (Å²) in [5, 5.41) is 3.36. The third-order valence-corrected chi connectivity index (χ3v) is 6.41. The molecule has 0 saturated carbocycles. The molecule has 1 N–H and O–H groups in total. The summed E-state index contributed by atoms with van der Waals surface area (Å²) >= 11 is 0. The summed E-state index contributed by atoms with van der Waals surface area (Å²) < 4.78 is 26.5. The summed E-state index contributed by atoms with van der Waals surface area (Å²) in [5.41, 5.74) is 0.0961. The Morgan fingerprint density at radius 1 is 1.16 bits per heavy atom. The minimum atomic E-state index is -3.08. The highest BCUT2D eigenvalue weighted by Gasteiger charge is 2.43. The quantitative estimate of drug-likeness (QED) is 0.847. The molecule has 0 bridgehead atoms. The van der Waals surface area contributed by atoms with Crippen LogP contribution in [-0.2, 0) is 10.0 Å². The van der Waals surface area contributed by atoms with Gasteiger partial charge in [-0.2, -0.15) is 0 Å². The van der Waals surface area contributed by atoms with E-state index in [4.69, 9.17) is 0 Å². The molecule has 2 heterocycles. The molecule has 0 amide bonds. The van der Waals surface area contributed by atoms with Crippen LogP contribution in [0.2, 0.25) is 0 Å². The molecule has 2 fully saturated rings. The molecule has 0 aliphatic carbocycles. The van der Waals surface area contributed by atoms with E-state index in [2.05, 4.69) is 5.32 Å². The lowest BCUT2D eigenvalue weighted by molar-refractivity contribution is 0.218. The number of nitrogens with zero attached hydrogens (tertiary/aromatic N) is 1. The van der Waals surface area contributed by atoms with Crippen molar-refractivity contribution >= 4 is 22.4 Å². The number of rotatable bonds is 2. The molecule has 0 unspecified atom stereocenters. The topological polar surface area (TPSA) is 49.4 Å². The molecule has 2 aliphatic heterocycles. The number of sulfonamides is 1. The van der Waals surface area contributed by atoms with E-state index in [0.717, 1.165) is 45.4 Å². The zero-order chi connectivity index (χ0) is 13.4. The van der Waals surface area contributed by atoms with E-state index in [1.807, 2.05) is 20.8 Å². The zero-order valence-corrected chi connectivity index (χ0v) is 13.9. The molecule has 19 heavy (non-hydrogen) atoms. The smallest absolute Gasteiger partial charge is 0.214 e. The summed E-state index contributed by atoms with van der Waals surface area (Å²) in [6.07, 6.45) is 3.28.